The van der Waals surface area contributed by atoms with E-state index in [0.29, 0.717) is 13.1 Å². The molecule has 0 amide bonds. The molecule has 78 valence electrons. The van der Waals surface area contributed by atoms with Crippen LogP contribution in [0.3, 0.4) is 0 Å². The smallest absolute Gasteiger partial charge is 0.251 e. The lowest BCUT2D eigenvalue weighted by Gasteiger charge is -2.17. The minimum absolute atomic E-state index is 0.189. The van der Waals surface area contributed by atoms with Gasteiger partial charge in [0, 0.05) is 13.1 Å². The molecule has 0 saturated carbocycles. The average Bonchev–Trinajstić information content (AvgIpc) is 1.98. The molecule has 0 unspecified atom stereocenters. The van der Waals surface area contributed by atoms with Crippen molar-refractivity contribution in [3.05, 3.63) is 12.2 Å². The zero-order chi connectivity index (χ0) is 10.3. The molecular formula is C9H18F2N2. The van der Waals surface area contributed by atoms with Gasteiger partial charge in [-0.05, 0) is 19.2 Å². The van der Waals surface area contributed by atoms with Crippen molar-refractivity contribution in [2.45, 2.75) is 13.3 Å². The van der Waals surface area contributed by atoms with Gasteiger partial charge in [-0.15, -0.1) is 0 Å². The quantitative estimate of drug-likeness (QED) is 0.612. The molecule has 0 aliphatic heterocycles. The first-order valence-electron chi connectivity index (χ1n) is 4.40. The highest BCUT2D eigenvalue weighted by atomic mass is 19.3. The molecule has 0 aromatic carbocycles. The summed E-state index contributed by atoms with van der Waals surface area (Å²) in [7, 11) is 1.67. The van der Waals surface area contributed by atoms with E-state index in [4.69, 9.17) is 0 Å². The van der Waals surface area contributed by atoms with Gasteiger partial charge in [0.1, 0.15) is 0 Å². The third-order valence-electron chi connectivity index (χ3n) is 1.57. The maximum absolute atomic E-state index is 11.9. The summed E-state index contributed by atoms with van der Waals surface area (Å²) in [6.07, 6.45) is -2.27. The number of rotatable bonds is 7. The lowest BCUT2D eigenvalue weighted by molar-refractivity contribution is 0.104. The van der Waals surface area contributed by atoms with Gasteiger partial charge in [-0.2, -0.15) is 0 Å². The SMILES string of the molecule is C=C(CNCC)CN(C)CC(F)F. The number of hydrogen-bond acceptors (Lipinski definition) is 2. The molecule has 0 rings (SSSR count). The van der Waals surface area contributed by atoms with E-state index in [1.807, 2.05) is 6.92 Å². The molecule has 0 bridgehead atoms. The summed E-state index contributed by atoms with van der Waals surface area (Å²) in [4.78, 5) is 1.57. The summed E-state index contributed by atoms with van der Waals surface area (Å²) in [5, 5.41) is 3.09. The van der Waals surface area contributed by atoms with Crippen LogP contribution in [0, 0.1) is 0 Å². The van der Waals surface area contributed by atoms with E-state index in [1.54, 1.807) is 11.9 Å². The Hall–Kier alpha value is -0.480. The summed E-state index contributed by atoms with van der Waals surface area (Å²) in [5.74, 6) is 0. The van der Waals surface area contributed by atoms with Crippen molar-refractivity contribution in [2.75, 3.05) is 33.2 Å². The van der Waals surface area contributed by atoms with Crippen molar-refractivity contribution in [1.29, 1.82) is 0 Å². The standard InChI is InChI=1S/C9H18F2N2/c1-4-12-5-8(2)6-13(3)7-9(10)11/h9,12H,2,4-7H2,1,3H3. The third kappa shape index (κ3) is 7.87. The maximum atomic E-state index is 11.9. The Kier molecular flexibility index (Phi) is 6.72. The molecule has 0 fully saturated rings. The highest BCUT2D eigenvalue weighted by Crippen LogP contribution is 1.98. The first-order valence-corrected chi connectivity index (χ1v) is 4.40. The third-order valence-corrected chi connectivity index (χ3v) is 1.57. The molecule has 0 atom stereocenters. The molecule has 0 aliphatic carbocycles. The van der Waals surface area contributed by atoms with Crippen LogP contribution < -0.4 is 5.32 Å². The van der Waals surface area contributed by atoms with Crippen LogP contribution in [0.25, 0.3) is 0 Å². The minimum atomic E-state index is -2.27. The Labute approximate surface area is 78.6 Å². The summed E-state index contributed by atoms with van der Waals surface area (Å²) in [6.45, 7) is 7.69. The summed E-state index contributed by atoms with van der Waals surface area (Å²) in [5.41, 5.74) is 0.935. The zero-order valence-electron chi connectivity index (χ0n) is 8.32. The molecule has 0 radical (unpaired) electrons. The fraction of sp³-hybridized carbons (Fsp3) is 0.778. The number of halogens is 2. The summed E-state index contributed by atoms with van der Waals surface area (Å²) in [6, 6.07) is 0. The van der Waals surface area contributed by atoms with Gasteiger partial charge in [0.15, 0.2) is 0 Å². The number of nitrogens with zero attached hydrogens (tertiary/aromatic N) is 1. The number of likely N-dealkylation sites (N-methyl/N-ethyl adjacent to an activating group) is 2. The van der Waals surface area contributed by atoms with Crippen molar-refractivity contribution in [1.82, 2.24) is 10.2 Å². The van der Waals surface area contributed by atoms with Gasteiger partial charge in [-0.25, -0.2) is 8.78 Å². The van der Waals surface area contributed by atoms with Crippen LogP contribution >= 0.6 is 0 Å². The Morgan fingerprint density at radius 2 is 2.15 bits per heavy atom. The monoisotopic (exact) mass is 192 g/mol. The van der Waals surface area contributed by atoms with Crippen molar-refractivity contribution in [2.24, 2.45) is 0 Å². The predicted octanol–water partition coefficient (Wildman–Crippen LogP) is 1.35. The van der Waals surface area contributed by atoms with Gasteiger partial charge >= 0.3 is 0 Å². The van der Waals surface area contributed by atoms with Crippen LogP contribution in [0.4, 0.5) is 8.78 Å². The highest BCUT2D eigenvalue weighted by molar-refractivity contribution is 4.99. The second-order valence-corrected chi connectivity index (χ2v) is 3.12. The van der Waals surface area contributed by atoms with Crippen molar-refractivity contribution in [3.63, 3.8) is 0 Å². The number of hydrogen-bond donors (Lipinski definition) is 1. The van der Waals surface area contributed by atoms with Crippen LogP contribution in [0.2, 0.25) is 0 Å². The molecule has 0 aromatic heterocycles. The van der Waals surface area contributed by atoms with Gasteiger partial charge < -0.3 is 5.32 Å². The van der Waals surface area contributed by atoms with E-state index >= 15 is 0 Å². The molecule has 2 nitrogen and oxygen atoms in total. The Balaban J connectivity index is 3.53. The van der Waals surface area contributed by atoms with E-state index in [-0.39, 0.29) is 6.54 Å². The van der Waals surface area contributed by atoms with Gasteiger partial charge in [0.2, 0.25) is 0 Å². The van der Waals surface area contributed by atoms with Gasteiger partial charge in [-0.3, -0.25) is 4.90 Å². The molecule has 0 aromatic rings. The number of alkyl halides is 2. The fourth-order valence-corrected chi connectivity index (χ4v) is 1.04. The fourth-order valence-electron chi connectivity index (χ4n) is 1.04. The van der Waals surface area contributed by atoms with Crippen molar-refractivity contribution in [3.8, 4) is 0 Å². The minimum Gasteiger partial charge on any atom is -0.313 e. The Morgan fingerprint density at radius 1 is 1.54 bits per heavy atom. The molecule has 0 spiro atoms. The van der Waals surface area contributed by atoms with Crippen LogP contribution in [0.5, 0.6) is 0 Å². The molecule has 13 heavy (non-hydrogen) atoms. The van der Waals surface area contributed by atoms with Crippen LogP contribution in [-0.2, 0) is 0 Å². The molecule has 0 saturated heterocycles. The van der Waals surface area contributed by atoms with Crippen molar-refractivity contribution >= 4 is 0 Å². The Bertz CT molecular complexity index is 149. The van der Waals surface area contributed by atoms with E-state index in [2.05, 4.69) is 11.9 Å². The average molecular weight is 192 g/mol. The number of nitrogens with one attached hydrogen (secondary N) is 1. The van der Waals surface area contributed by atoms with Crippen LogP contribution in [-0.4, -0.2) is 44.6 Å². The van der Waals surface area contributed by atoms with Crippen LogP contribution in [0.15, 0.2) is 12.2 Å². The summed E-state index contributed by atoms with van der Waals surface area (Å²) >= 11 is 0. The van der Waals surface area contributed by atoms with Gasteiger partial charge in [0.25, 0.3) is 6.43 Å². The topological polar surface area (TPSA) is 15.3 Å². The molecule has 4 heteroatoms. The van der Waals surface area contributed by atoms with E-state index in [9.17, 15) is 8.78 Å². The normalized spacial score (nSPS) is 11.2. The second-order valence-electron chi connectivity index (χ2n) is 3.12. The van der Waals surface area contributed by atoms with E-state index in [1.165, 1.54) is 0 Å². The zero-order valence-corrected chi connectivity index (χ0v) is 8.32. The van der Waals surface area contributed by atoms with E-state index in [0.717, 1.165) is 12.1 Å². The van der Waals surface area contributed by atoms with Gasteiger partial charge in [-0.1, -0.05) is 13.5 Å². The first-order chi connectivity index (χ1) is 6.06. The first kappa shape index (κ1) is 12.5. The van der Waals surface area contributed by atoms with Crippen LogP contribution in [0.1, 0.15) is 6.92 Å². The maximum Gasteiger partial charge on any atom is 0.251 e. The molecule has 0 aliphatic rings. The second kappa shape index (κ2) is 6.97. The summed E-state index contributed by atoms with van der Waals surface area (Å²) < 4.78 is 23.8. The molecule has 1 N–H and O–H groups in total. The van der Waals surface area contributed by atoms with Crippen molar-refractivity contribution < 1.29 is 8.78 Å². The predicted molar refractivity (Wildman–Crippen MR) is 51.2 cm³/mol. The highest BCUT2D eigenvalue weighted by Gasteiger charge is 2.07. The lowest BCUT2D eigenvalue weighted by atomic mass is 10.3. The molecule has 0 heterocycles. The molecular weight excluding hydrogens is 174 g/mol. The largest absolute Gasteiger partial charge is 0.313 e. The Morgan fingerprint density at radius 3 is 2.62 bits per heavy atom. The van der Waals surface area contributed by atoms with Gasteiger partial charge in [0.05, 0.1) is 6.54 Å². The van der Waals surface area contributed by atoms with E-state index < -0.39 is 6.43 Å². The lowest BCUT2D eigenvalue weighted by Crippen LogP contribution is -2.29.